The molecule has 0 aliphatic carbocycles. The van der Waals surface area contributed by atoms with Gasteiger partial charge in [-0.25, -0.2) is 0 Å². The zero-order valence-corrected chi connectivity index (χ0v) is 11.5. The minimum absolute atomic E-state index is 0.661. The minimum atomic E-state index is 0.661. The molecule has 0 bridgehead atoms. The number of hydrogen-bond donors (Lipinski definition) is 1. The van der Waals surface area contributed by atoms with Gasteiger partial charge in [-0.1, -0.05) is 13.3 Å². The Morgan fingerprint density at radius 1 is 1.35 bits per heavy atom. The summed E-state index contributed by atoms with van der Waals surface area (Å²) in [6.07, 6.45) is 5.33. The van der Waals surface area contributed by atoms with Crippen LogP contribution in [0.2, 0.25) is 0 Å². The van der Waals surface area contributed by atoms with E-state index in [4.69, 9.17) is 4.74 Å². The second kappa shape index (κ2) is 6.72. The van der Waals surface area contributed by atoms with Crippen LogP contribution in [0.3, 0.4) is 0 Å². The van der Waals surface area contributed by atoms with E-state index in [0.717, 1.165) is 19.1 Å². The normalized spacial score (nSPS) is 35.3. The van der Waals surface area contributed by atoms with Gasteiger partial charge >= 0.3 is 0 Å². The van der Waals surface area contributed by atoms with E-state index in [1.54, 1.807) is 0 Å². The molecule has 0 saturated carbocycles. The van der Waals surface area contributed by atoms with Gasteiger partial charge in [0, 0.05) is 31.7 Å². The van der Waals surface area contributed by atoms with Crippen LogP contribution in [0.25, 0.3) is 0 Å². The lowest BCUT2D eigenvalue weighted by molar-refractivity contribution is 0.0209. The molecule has 0 amide bonds. The lowest BCUT2D eigenvalue weighted by atomic mass is 9.95. The van der Waals surface area contributed by atoms with E-state index in [0.29, 0.717) is 12.0 Å². The summed E-state index contributed by atoms with van der Waals surface area (Å²) in [5.41, 5.74) is 0. The predicted molar refractivity (Wildman–Crippen MR) is 71.2 cm³/mol. The summed E-state index contributed by atoms with van der Waals surface area (Å²) in [7, 11) is 2.09. The van der Waals surface area contributed by atoms with Crippen molar-refractivity contribution in [3.05, 3.63) is 0 Å². The van der Waals surface area contributed by atoms with Crippen LogP contribution in [0.15, 0.2) is 0 Å². The highest BCUT2D eigenvalue weighted by atomic mass is 16.5. The second-order valence-corrected chi connectivity index (χ2v) is 5.72. The Bertz CT molecular complexity index is 222. The molecule has 0 radical (unpaired) electrons. The Hall–Kier alpha value is -0.120. The molecular formula is C14H28N2O. The van der Waals surface area contributed by atoms with Crippen LogP contribution in [-0.2, 0) is 4.74 Å². The summed E-state index contributed by atoms with van der Waals surface area (Å²) >= 11 is 0. The average Bonchev–Trinajstić information content (AvgIpc) is 2.78. The standard InChI is InChI=1S/C14H28N2O/c1-3-4-12-5-7-16(9-12)10-13-11-17-8-6-14(13)15-2/h12-15H,3-11H2,1-2H3. The lowest BCUT2D eigenvalue weighted by Gasteiger charge is -2.34. The van der Waals surface area contributed by atoms with Gasteiger partial charge in [0.15, 0.2) is 0 Å². The van der Waals surface area contributed by atoms with Crippen LogP contribution in [0.1, 0.15) is 32.6 Å². The fraction of sp³-hybridized carbons (Fsp3) is 1.00. The van der Waals surface area contributed by atoms with Gasteiger partial charge in [0.05, 0.1) is 6.61 Å². The molecule has 0 aromatic heterocycles. The third-order valence-electron chi connectivity index (χ3n) is 4.40. The largest absolute Gasteiger partial charge is 0.381 e. The molecule has 3 heteroatoms. The zero-order chi connectivity index (χ0) is 12.1. The number of hydrogen-bond acceptors (Lipinski definition) is 3. The van der Waals surface area contributed by atoms with Gasteiger partial charge in [-0.2, -0.15) is 0 Å². The maximum absolute atomic E-state index is 5.63. The van der Waals surface area contributed by atoms with Gasteiger partial charge in [-0.3, -0.25) is 0 Å². The predicted octanol–water partition coefficient (Wildman–Crippen LogP) is 1.73. The molecule has 2 rings (SSSR count). The van der Waals surface area contributed by atoms with Gasteiger partial charge in [-0.05, 0) is 38.8 Å². The average molecular weight is 240 g/mol. The van der Waals surface area contributed by atoms with Crippen molar-refractivity contribution in [2.45, 2.75) is 38.6 Å². The van der Waals surface area contributed by atoms with Crippen LogP contribution in [0, 0.1) is 11.8 Å². The first-order valence-electron chi connectivity index (χ1n) is 7.30. The fourth-order valence-electron chi connectivity index (χ4n) is 3.41. The molecule has 2 heterocycles. The molecule has 2 fully saturated rings. The van der Waals surface area contributed by atoms with Crippen molar-refractivity contribution in [1.82, 2.24) is 10.2 Å². The summed E-state index contributed by atoms with van der Waals surface area (Å²) < 4.78 is 5.63. The number of nitrogens with one attached hydrogen (secondary N) is 1. The number of nitrogens with zero attached hydrogens (tertiary/aromatic N) is 1. The van der Waals surface area contributed by atoms with Crippen LogP contribution in [0.5, 0.6) is 0 Å². The van der Waals surface area contributed by atoms with Crippen molar-refractivity contribution in [1.29, 1.82) is 0 Å². The Kier molecular flexibility index (Phi) is 5.26. The van der Waals surface area contributed by atoms with E-state index in [1.807, 2.05) is 0 Å². The second-order valence-electron chi connectivity index (χ2n) is 5.72. The summed E-state index contributed by atoms with van der Waals surface area (Å²) in [5, 5.41) is 3.46. The number of rotatable bonds is 5. The molecule has 3 nitrogen and oxygen atoms in total. The maximum Gasteiger partial charge on any atom is 0.0521 e. The smallest absolute Gasteiger partial charge is 0.0521 e. The molecule has 3 unspecified atom stereocenters. The van der Waals surface area contributed by atoms with Crippen molar-refractivity contribution in [2.24, 2.45) is 11.8 Å². The Labute approximate surface area is 106 Å². The highest BCUT2D eigenvalue weighted by Gasteiger charge is 2.29. The van der Waals surface area contributed by atoms with Crippen molar-refractivity contribution in [2.75, 3.05) is 39.9 Å². The maximum atomic E-state index is 5.63. The number of likely N-dealkylation sites (tertiary alicyclic amines) is 1. The van der Waals surface area contributed by atoms with E-state index in [1.165, 1.54) is 45.3 Å². The van der Waals surface area contributed by atoms with Crippen molar-refractivity contribution in [3.63, 3.8) is 0 Å². The molecule has 0 aromatic rings. The van der Waals surface area contributed by atoms with Gasteiger partial charge < -0.3 is 15.0 Å². The third-order valence-corrected chi connectivity index (χ3v) is 4.40. The molecular weight excluding hydrogens is 212 g/mol. The fourth-order valence-corrected chi connectivity index (χ4v) is 3.41. The SMILES string of the molecule is CCCC1CCN(CC2COCCC2NC)C1. The molecule has 17 heavy (non-hydrogen) atoms. The monoisotopic (exact) mass is 240 g/mol. The summed E-state index contributed by atoms with van der Waals surface area (Å²) in [4.78, 5) is 2.66. The van der Waals surface area contributed by atoms with Crippen molar-refractivity contribution >= 4 is 0 Å². The van der Waals surface area contributed by atoms with Crippen LogP contribution in [0.4, 0.5) is 0 Å². The third kappa shape index (κ3) is 3.67. The van der Waals surface area contributed by atoms with E-state index in [9.17, 15) is 0 Å². The highest BCUT2D eigenvalue weighted by molar-refractivity contribution is 4.84. The molecule has 2 aliphatic heterocycles. The van der Waals surface area contributed by atoms with Gasteiger partial charge in [-0.15, -0.1) is 0 Å². The molecule has 2 saturated heterocycles. The van der Waals surface area contributed by atoms with Gasteiger partial charge in [0.25, 0.3) is 0 Å². The van der Waals surface area contributed by atoms with Crippen LogP contribution >= 0.6 is 0 Å². The molecule has 3 atom stereocenters. The Morgan fingerprint density at radius 3 is 3.00 bits per heavy atom. The molecule has 0 aromatic carbocycles. The van der Waals surface area contributed by atoms with E-state index in [2.05, 4.69) is 24.2 Å². The topological polar surface area (TPSA) is 24.5 Å². The van der Waals surface area contributed by atoms with E-state index >= 15 is 0 Å². The van der Waals surface area contributed by atoms with Crippen molar-refractivity contribution < 1.29 is 4.74 Å². The first kappa shape index (κ1) is 13.3. The molecule has 2 aliphatic rings. The summed E-state index contributed by atoms with van der Waals surface area (Å²) in [5.74, 6) is 1.65. The minimum Gasteiger partial charge on any atom is -0.381 e. The number of ether oxygens (including phenoxy) is 1. The van der Waals surface area contributed by atoms with E-state index < -0.39 is 0 Å². The van der Waals surface area contributed by atoms with Gasteiger partial charge in [0.1, 0.15) is 0 Å². The summed E-state index contributed by atoms with van der Waals surface area (Å²) in [6.45, 7) is 8.03. The lowest BCUT2D eigenvalue weighted by Crippen LogP contribution is -2.46. The molecule has 100 valence electrons. The highest BCUT2D eigenvalue weighted by Crippen LogP contribution is 2.24. The first-order chi connectivity index (χ1) is 8.33. The van der Waals surface area contributed by atoms with Crippen molar-refractivity contribution in [3.8, 4) is 0 Å². The first-order valence-corrected chi connectivity index (χ1v) is 7.30. The Morgan fingerprint density at radius 2 is 2.24 bits per heavy atom. The zero-order valence-electron chi connectivity index (χ0n) is 11.5. The van der Waals surface area contributed by atoms with Crippen LogP contribution in [-0.4, -0.2) is 50.8 Å². The summed E-state index contributed by atoms with van der Waals surface area (Å²) in [6, 6.07) is 0.661. The van der Waals surface area contributed by atoms with Gasteiger partial charge in [0.2, 0.25) is 0 Å². The molecule has 1 N–H and O–H groups in total. The Balaban J connectivity index is 1.76. The van der Waals surface area contributed by atoms with Crippen LogP contribution < -0.4 is 5.32 Å². The van der Waals surface area contributed by atoms with E-state index in [-0.39, 0.29) is 0 Å². The molecule has 0 spiro atoms. The quantitative estimate of drug-likeness (QED) is 0.792.